The molecule has 0 spiro atoms. The van der Waals surface area contributed by atoms with Gasteiger partial charge in [-0.2, -0.15) is 0 Å². The van der Waals surface area contributed by atoms with Crippen molar-refractivity contribution in [3.63, 3.8) is 0 Å². The van der Waals surface area contributed by atoms with Crippen molar-refractivity contribution in [3.8, 4) is 11.5 Å². The predicted molar refractivity (Wildman–Crippen MR) is 111 cm³/mol. The van der Waals surface area contributed by atoms with Gasteiger partial charge in [-0.3, -0.25) is 24.0 Å². The fourth-order valence-corrected chi connectivity index (χ4v) is 3.27. The molecule has 0 saturated carbocycles. The Morgan fingerprint density at radius 3 is 1.97 bits per heavy atom. The molecule has 0 N–H and O–H groups in total. The summed E-state index contributed by atoms with van der Waals surface area (Å²) in [4.78, 5) is 58.1. The van der Waals surface area contributed by atoms with E-state index in [-0.39, 0.29) is 17.1 Å². The molecule has 1 saturated heterocycles. The molecule has 0 bridgehead atoms. The van der Waals surface area contributed by atoms with Crippen molar-refractivity contribution in [1.82, 2.24) is 0 Å². The highest BCUT2D eigenvalue weighted by Crippen LogP contribution is 2.34. The lowest BCUT2D eigenvalue weighted by molar-refractivity contribution is -0.288. The molecule has 2 rings (SSSR count). The summed E-state index contributed by atoms with van der Waals surface area (Å²) in [5.74, 6) is -2.67. The lowest BCUT2D eigenvalue weighted by atomic mass is 9.98. The van der Waals surface area contributed by atoms with Gasteiger partial charge in [0.05, 0.1) is 7.11 Å². The third-order valence-corrected chi connectivity index (χ3v) is 4.52. The van der Waals surface area contributed by atoms with Gasteiger partial charge in [0.25, 0.3) is 0 Å². The molecule has 0 amide bonds. The Kier molecular flexibility index (Phi) is 9.36. The van der Waals surface area contributed by atoms with Crippen molar-refractivity contribution in [2.45, 2.75) is 58.4 Å². The van der Waals surface area contributed by atoms with E-state index in [1.807, 2.05) is 0 Å². The number of ether oxygens (including phenoxy) is 7. The van der Waals surface area contributed by atoms with Gasteiger partial charge in [0.1, 0.15) is 19.0 Å². The van der Waals surface area contributed by atoms with Crippen molar-refractivity contribution in [2.75, 3.05) is 13.7 Å². The third kappa shape index (κ3) is 7.17. The van der Waals surface area contributed by atoms with Crippen LogP contribution in [0.3, 0.4) is 0 Å². The predicted octanol–water partition coefficient (Wildman–Crippen LogP) is 0.970. The molecule has 1 aliphatic rings. The minimum atomic E-state index is -1.45. The quantitative estimate of drug-likeness (QED) is 0.280. The number of benzene rings is 1. The van der Waals surface area contributed by atoms with Gasteiger partial charge in [-0.15, -0.1) is 0 Å². The molecule has 12 heteroatoms. The van der Waals surface area contributed by atoms with Gasteiger partial charge >= 0.3 is 23.9 Å². The second-order valence-corrected chi connectivity index (χ2v) is 7.21. The van der Waals surface area contributed by atoms with E-state index in [2.05, 4.69) is 0 Å². The molecule has 12 nitrogen and oxygen atoms in total. The van der Waals surface area contributed by atoms with Crippen molar-refractivity contribution < 1.29 is 57.1 Å². The van der Waals surface area contributed by atoms with Crippen molar-refractivity contribution in [3.05, 3.63) is 23.8 Å². The Bertz CT molecular complexity index is 926. The van der Waals surface area contributed by atoms with Gasteiger partial charge in [-0.1, -0.05) is 0 Å². The molecule has 1 aliphatic heterocycles. The molecule has 186 valence electrons. The normalized spacial score (nSPS) is 23.7. The number of carbonyl (C=O) groups excluding carboxylic acids is 5. The Morgan fingerprint density at radius 2 is 1.44 bits per heavy atom. The van der Waals surface area contributed by atoms with Crippen molar-refractivity contribution >= 4 is 30.2 Å². The number of hydrogen-bond acceptors (Lipinski definition) is 12. The van der Waals surface area contributed by atoms with Crippen LogP contribution in [0.15, 0.2) is 18.2 Å². The minimum absolute atomic E-state index is 0.0491. The van der Waals surface area contributed by atoms with E-state index in [1.165, 1.54) is 32.2 Å². The first-order valence-electron chi connectivity index (χ1n) is 10.2. The fourth-order valence-electron chi connectivity index (χ4n) is 3.27. The van der Waals surface area contributed by atoms with Crippen LogP contribution in [-0.2, 0) is 42.9 Å². The number of methoxy groups -OCH3 is 1. The van der Waals surface area contributed by atoms with Crippen LogP contribution < -0.4 is 9.47 Å². The van der Waals surface area contributed by atoms with E-state index in [0.29, 0.717) is 6.29 Å². The highest BCUT2D eigenvalue weighted by atomic mass is 16.7. The van der Waals surface area contributed by atoms with Gasteiger partial charge in [0, 0.05) is 33.3 Å². The van der Waals surface area contributed by atoms with E-state index in [9.17, 15) is 24.0 Å². The molecular formula is C22H26O12. The number of esters is 4. The average Bonchev–Trinajstić information content (AvgIpc) is 2.75. The summed E-state index contributed by atoms with van der Waals surface area (Å²) in [6.07, 6.45) is -6.15. The summed E-state index contributed by atoms with van der Waals surface area (Å²) in [5.41, 5.74) is 0.251. The maximum Gasteiger partial charge on any atom is 0.303 e. The first-order chi connectivity index (χ1) is 16.0. The van der Waals surface area contributed by atoms with E-state index < -0.39 is 61.2 Å². The topological polar surface area (TPSA) is 150 Å². The molecule has 1 fully saturated rings. The highest BCUT2D eigenvalue weighted by molar-refractivity contribution is 5.76. The molecule has 0 radical (unpaired) electrons. The number of carbonyl (C=O) groups is 5. The second kappa shape index (κ2) is 12.0. The summed E-state index contributed by atoms with van der Waals surface area (Å²) in [5, 5.41) is 0. The smallest absolute Gasteiger partial charge is 0.303 e. The molecule has 1 aromatic carbocycles. The molecule has 34 heavy (non-hydrogen) atoms. The van der Waals surface area contributed by atoms with E-state index in [1.54, 1.807) is 0 Å². The molecule has 0 unspecified atom stereocenters. The maximum atomic E-state index is 11.9. The molecule has 0 aliphatic carbocycles. The monoisotopic (exact) mass is 482 g/mol. The van der Waals surface area contributed by atoms with E-state index in [4.69, 9.17) is 33.2 Å². The van der Waals surface area contributed by atoms with Crippen LogP contribution in [0.2, 0.25) is 0 Å². The van der Waals surface area contributed by atoms with Crippen LogP contribution in [-0.4, -0.2) is 74.6 Å². The Labute approximate surface area is 195 Å². The van der Waals surface area contributed by atoms with Crippen LogP contribution in [0.25, 0.3) is 0 Å². The van der Waals surface area contributed by atoms with Crippen LogP contribution in [0.5, 0.6) is 11.5 Å². The molecule has 1 aromatic rings. The molecular weight excluding hydrogens is 456 g/mol. The fraction of sp³-hybridized carbons (Fsp3) is 0.500. The minimum Gasteiger partial charge on any atom is -0.493 e. The lowest BCUT2D eigenvalue weighted by Gasteiger charge is -2.44. The molecule has 0 aromatic heterocycles. The Balaban J connectivity index is 2.53. The summed E-state index contributed by atoms with van der Waals surface area (Å²) in [6.45, 7) is 4.11. The largest absolute Gasteiger partial charge is 0.493 e. The molecule has 1 heterocycles. The Morgan fingerprint density at radius 1 is 0.853 bits per heavy atom. The summed E-state index contributed by atoms with van der Waals surface area (Å²) < 4.78 is 38.0. The highest BCUT2D eigenvalue weighted by Gasteiger charge is 2.53. The van der Waals surface area contributed by atoms with Gasteiger partial charge in [-0.25, -0.2) is 0 Å². The number of hydrogen-bond donors (Lipinski definition) is 0. The zero-order valence-corrected chi connectivity index (χ0v) is 19.3. The van der Waals surface area contributed by atoms with Gasteiger partial charge in [-0.05, 0) is 18.2 Å². The van der Waals surface area contributed by atoms with E-state index in [0.717, 1.165) is 20.8 Å². The number of rotatable bonds is 9. The standard InChI is InChI=1S/C22H26O12/c1-11(24)29-10-18-19(30-12(2)25)20(31-13(3)26)21(32-14(4)27)22(34-18)33-17-8-15(9-23)6-7-16(17)28-5/h6-9,18-22H,10H2,1-5H3/t18-,19-,20+,21-,22-/m1/s1. The summed E-state index contributed by atoms with van der Waals surface area (Å²) in [7, 11) is 1.37. The second-order valence-electron chi connectivity index (χ2n) is 7.21. The summed E-state index contributed by atoms with van der Waals surface area (Å²) in [6, 6.07) is 4.33. The zero-order valence-electron chi connectivity index (χ0n) is 19.3. The lowest BCUT2D eigenvalue weighted by Crippen LogP contribution is -2.63. The zero-order chi connectivity index (χ0) is 25.4. The van der Waals surface area contributed by atoms with Crippen molar-refractivity contribution in [2.24, 2.45) is 0 Å². The summed E-state index contributed by atoms with van der Waals surface area (Å²) >= 11 is 0. The SMILES string of the molecule is COc1ccc(C=O)cc1O[C@@H]1O[C@H](COC(C)=O)[C@@H](OC(C)=O)[C@H](OC(C)=O)[C@H]1OC(C)=O. The van der Waals surface area contributed by atoms with Gasteiger partial charge in [0.15, 0.2) is 23.7 Å². The average molecular weight is 482 g/mol. The van der Waals surface area contributed by atoms with Gasteiger partial charge < -0.3 is 33.2 Å². The van der Waals surface area contributed by atoms with Crippen LogP contribution >= 0.6 is 0 Å². The first-order valence-corrected chi connectivity index (χ1v) is 10.2. The molecule has 5 atom stereocenters. The van der Waals surface area contributed by atoms with Crippen LogP contribution in [0.1, 0.15) is 38.1 Å². The van der Waals surface area contributed by atoms with E-state index >= 15 is 0 Å². The van der Waals surface area contributed by atoms with Crippen molar-refractivity contribution in [1.29, 1.82) is 0 Å². The maximum absolute atomic E-state index is 11.9. The van der Waals surface area contributed by atoms with Gasteiger partial charge in [0.2, 0.25) is 12.4 Å². The van der Waals surface area contributed by atoms with Crippen LogP contribution in [0, 0.1) is 0 Å². The Hall–Kier alpha value is -3.67. The van der Waals surface area contributed by atoms with Crippen LogP contribution in [0.4, 0.5) is 0 Å². The third-order valence-electron chi connectivity index (χ3n) is 4.52. The number of aldehydes is 1. The first kappa shape index (κ1) is 26.6.